The average molecular weight is 509 g/mol. The smallest absolute Gasteiger partial charge is 0.435 e. The third-order valence-electron chi connectivity index (χ3n) is 4.79. The number of hydrogen-bond donors (Lipinski definition) is 1. The molecule has 37 heavy (non-hydrogen) atoms. The molecule has 1 amide bonds. The van der Waals surface area contributed by atoms with E-state index in [-0.39, 0.29) is 0 Å². The van der Waals surface area contributed by atoms with E-state index in [1.807, 2.05) is 43.4 Å². The van der Waals surface area contributed by atoms with Crippen molar-refractivity contribution in [1.29, 1.82) is 0 Å². The molecule has 0 unspecified atom stereocenters. The summed E-state index contributed by atoms with van der Waals surface area (Å²) in [5.74, 6) is 0.303. The number of anilines is 2. The number of rotatable bonds is 4. The topological polar surface area (TPSA) is 103 Å². The monoisotopic (exact) mass is 508 g/mol. The van der Waals surface area contributed by atoms with Gasteiger partial charge in [-0.1, -0.05) is 24.8 Å². The summed E-state index contributed by atoms with van der Waals surface area (Å²) < 4.78 is 12.2. The third-order valence-corrected chi connectivity index (χ3v) is 4.79. The molecular weight excluding hydrogens is 472 g/mol. The maximum atomic E-state index is 12.9. The molecule has 0 aliphatic carbocycles. The highest BCUT2D eigenvalue weighted by atomic mass is 16.6. The first kappa shape index (κ1) is 29.1. The van der Waals surface area contributed by atoms with Gasteiger partial charge in [-0.15, -0.1) is 5.10 Å². The van der Waals surface area contributed by atoms with Gasteiger partial charge >= 0.3 is 12.2 Å². The van der Waals surface area contributed by atoms with Crippen molar-refractivity contribution in [3.05, 3.63) is 55.1 Å². The molecule has 3 aromatic rings. The number of amides is 1. The molecule has 0 aliphatic rings. The van der Waals surface area contributed by atoms with Crippen molar-refractivity contribution in [2.45, 2.75) is 52.7 Å². The average Bonchev–Trinajstić information content (AvgIpc) is 3.20. The van der Waals surface area contributed by atoms with Gasteiger partial charge in [0, 0.05) is 25.2 Å². The lowest BCUT2D eigenvalue weighted by Gasteiger charge is -2.23. The first-order valence-corrected chi connectivity index (χ1v) is 11.8. The molecule has 198 valence electrons. The maximum absolute atomic E-state index is 12.9. The molecule has 0 radical (unpaired) electrons. The normalized spacial score (nSPS) is 11.1. The van der Waals surface area contributed by atoms with Crippen LogP contribution in [0.1, 0.15) is 41.5 Å². The van der Waals surface area contributed by atoms with Gasteiger partial charge in [-0.3, -0.25) is 9.69 Å². The number of fused-ring (bicyclic) bond motifs is 1. The van der Waals surface area contributed by atoms with E-state index in [1.54, 1.807) is 54.7 Å². The van der Waals surface area contributed by atoms with Gasteiger partial charge in [0.15, 0.2) is 5.82 Å². The number of nitrogens with zero attached hydrogens (tertiary/aromatic N) is 3. The summed E-state index contributed by atoms with van der Waals surface area (Å²) in [6.07, 6.45) is 0.641. The second kappa shape index (κ2) is 11.7. The maximum Gasteiger partial charge on any atom is 0.435 e. The third kappa shape index (κ3) is 7.93. The second-order valence-electron chi connectivity index (χ2n) is 10.2. The van der Waals surface area contributed by atoms with Gasteiger partial charge in [0.25, 0.3) is 0 Å². The highest BCUT2D eigenvalue weighted by Gasteiger charge is 2.28. The first-order chi connectivity index (χ1) is 17.2. The van der Waals surface area contributed by atoms with Crippen molar-refractivity contribution in [3.8, 4) is 11.1 Å². The van der Waals surface area contributed by atoms with E-state index in [0.29, 0.717) is 23.0 Å². The molecule has 3 rings (SSSR count). The van der Waals surface area contributed by atoms with Gasteiger partial charge in [-0.2, -0.15) is 4.68 Å². The van der Waals surface area contributed by atoms with Crippen molar-refractivity contribution in [1.82, 2.24) is 9.78 Å². The van der Waals surface area contributed by atoms with Gasteiger partial charge in [-0.05, 0) is 83.0 Å². The molecule has 0 atom stereocenters. The van der Waals surface area contributed by atoms with Crippen LogP contribution < -0.4 is 10.2 Å². The number of ether oxygens (including phenoxy) is 2. The summed E-state index contributed by atoms with van der Waals surface area (Å²) in [5.41, 5.74) is 2.04. The Labute approximate surface area is 218 Å². The van der Waals surface area contributed by atoms with E-state index in [2.05, 4.69) is 17.0 Å². The summed E-state index contributed by atoms with van der Waals surface area (Å²) in [5, 5.41) is 8.21. The predicted molar refractivity (Wildman–Crippen MR) is 147 cm³/mol. The Morgan fingerprint density at radius 3 is 2.14 bits per heavy atom. The molecule has 0 saturated heterocycles. The fourth-order valence-corrected chi connectivity index (χ4v) is 3.25. The number of allylic oxidation sites excluding steroid dienone is 1. The summed E-state index contributed by atoms with van der Waals surface area (Å²) in [6, 6.07) is 13.6. The van der Waals surface area contributed by atoms with Crippen LogP contribution in [0.15, 0.2) is 55.1 Å². The Balaban J connectivity index is 0.00000112. The minimum absolute atomic E-state index is 0.303. The fraction of sp³-hybridized carbons (Fsp3) is 0.357. The van der Waals surface area contributed by atoms with E-state index < -0.39 is 23.4 Å². The highest BCUT2D eigenvalue weighted by molar-refractivity contribution is 6.03. The van der Waals surface area contributed by atoms with E-state index >= 15 is 0 Å². The van der Waals surface area contributed by atoms with Crippen LogP contribution in [0.5, 0.6) is 0 Å². The summed E-state index contributed by atoms with van der Waals surface area (Å²) >= 11 is 0. The lowest BCUT2D eigenvalue weighted by molar-refractivity contribution is -0.104. The molecule has 9 heteroatoms. The largest absolute Gasteiger partial charge is 0.443 e. The van der Waals surface area contributed by atoms with E-state index in [0.717, 1.165) is 16.8 Å². The zero-order valence-electron chi connectivity index (χ0n) is 22.8. The second-order valence-corrected chi connectivity index (χ2v) is 10.2. The summed E-state index contributed by atoms with van der Waals surface area (Å²) in [4.78, 5) is 36.0. The van der Waals surface area contributed by atoms with E-state index in [1.165, 1.54) is 15.7 Å². The Hall–Kier alpha value is -4.14. The lowest BCUT2D eigenvalue weighted by Crippen LogP contribution is -2.34. The Kier molecular flexibility index (Phi) is 9.22. The first-order valence-electron chi connectivity index (χ1n) is 11.8. The van der Waals surface area contributed by atoms with Gasteiger partial charge in [0.1, 0.15) is 17.5 Å². The quantitative estimate of drug-likeness (QED) is 0.327. The van der Waals surface area contributed by atoms with Crippen molar-refractivity contribution in [2.24, 2.45) is 0 Å². The van der Waals surface area contributed by atoms with Crippen LogP contribution in [0.2, 0.25) is 0 Å². The number of benzene rings is 2. The molecule has 1 N–H and O–H groups in total. The van der Waals surface area contributed by atoms with Gasteiger partial charge in [0.05, 0.1) is 5.52 Å². The van der Waals surface area contributed by atoms with Crippen LogP contribution in [0.25, 0.3) is 22.0 Å². The molecule has 0 bridgehead atoms. The summed E-state index contributed by atoms with van der Waals surface area (Å²) in [7, 11) is 3.44. The fourth-order valence-electron chi connectivity index (χ4n) is 3.25. The minimum atomic E-state index is -0.694. The molecule has 1 heterocycles. The molecule has 2 aromatic carbocycles. The molecule has 0 saturated carbocycles. The number of carbonyl (C=O) groups excluding carboxylic acids is 3. The van der Waals surface area contributed by atoms with Gasteiger partial charge in [0.2, 0.25) is 0 Å². The van der Waals surface area contributed by atoms with Crippen molar-refractivity contribution in [3.63, 3.8) is 0 Å². The number of aldehydes is 1. The predicted octanol–water partition coefficient (Wildman–Crippen LogP) is 6.27. The number of hydrogen-bond acceptors (Lipinski definition) is 7. The molecular formula is C28H36N4O5. The molecule has 1 aromatic heterocycles. The number of nitrogens with one attached hydrogen (secondary N) is 1. The lowest BCUT2D eigenvalue weighted by atomic mass is 10.0. The van der Waals surface area contributed by atoms with Crippen molar-refractivity contribution in [2.75, 3.05) is 24.3 Å². The standard InChI is InChI=1S/C25H32N4O4.C3H4O/c1-24(2,3)32-22(30)28(8)21-19-15-17(16-10-9-11-18(14-16)26-7)12-13-20(19)29(27-21)23(31)33-25(4,5)6;1-2-3-4/h9-15,26H,1-8H3;2-3H,1H2. The SMILES string of the molecule is C=CC=O.CNc1cccc(-c2ccc3c(c2)c(N(C)C(=O)OC(C)(C)C)nn3C(=O)OC(C)(C)C)c1. The molecule has 0 aliphatic heterocycles. The van der Waals surface area contributed by atoms with Crippen LogP contribution in [0.4, 0.5) is 21.1 Å². The van der Waals surface area contributed by atoms with Crippen LogP contribution in [0, 0.1) is 0 Å². The van der Waals surface area contributed by atoms with E-state index in [9.17, 15) is 9.59 Å². The molecule has 0 fully saturated rings. The molecule has 0 spiro atoms. The van der Waals surface area contributed by atoms with Crippen LogP contribution in [-0.2, 0) is 14.3 Å². The Morgan fingerprint density at radius 1 is 1.00 bits per heavy atom. The van der Waals surface area contributed by atoms with E-state index in [4.69, 9.17) is 14.3 Å². The Morgan fingerprint density at radius 2 is 1.59 bits per heavy atom. The molecule has 9 nitrogen and oxygen atoms in total. The summed E-state index contributed by atoms with van der Waals surface area (Å²) in [6.45, 7) is 13.9. The van der Waals surface area contributed by atoms with Gasteiger partial charge in [-0.25, -0.2) is 9.59 Å². The number of aromatic nitrogens is 2. The zero-order valence-corrected chi connectivity index (χ0v) is 22.8. The van der Waals surface area contributed by atoms with Crippen molar-refractivity contribution >= 4 is 40.9 Å². The Bertz CT molecular complexity index is 1280. The van der Waals surface area contributed by atoms with Crippen LogP contribution >= 0.6 is 0 Å². The van der Waals surface area contributed by atoms with Gasteiger partial charge < -0.3 is 14.8 Å². The van der Waals surface area contributed by atoms with Crippen molar-refractivity contribution < 1.29 is 23.9 Å². The highest BCUT2D eigenvalue weighted by Crippen LogP contribution is 2.32. The zero-order chi connectivity index (χ0) is 28.0. The number of carbonyl (C=O) groups is 3. The van der Waals surface area contributed by atoms with Crippen LogP contribution in [0.3, 0.4) is 0 Å². The van der Waals surface area contributed by atoms with Crippen LogP contribution in [-0.4, -0.2) is 53.6 Å². The minimum Gasteiger partial charge on any atom is -0.443 e.